The van der Waals surface area contributed by atoms with Crippen molar-refractivity contribution in [1.82, 2.24) is 0 Å². The van der Waals surface area contributed by atoms with Crippen LogP contribution in [0.15, 0.2) is 53.0 Å². The molecule has 0 bridgehead atoms. The highest BCUT2D eigenvalue weighted by molar-refractivity contribution is 9.10. The van der Waals surface area contributed by atoms with Gasteiger partial charge in [0.2, 0.25) is 11.8 Å². The van der Waals surface area contributed by atoms with E-state index in [1.165, 1.54) is 0 Å². The monoisotopic (exact) mass is 388 g/mol. The summed E-state index contributed by atoms with van der Waals surface area (Å²) in [4.78, 5) is 24.5. The fraction of sp³-hybridized carbons (Fsp3) is 0.222. The van der Waals surface area contributed by atoms with Crippen LogP contribution < -0.4 is 15.4 Å². The molecule has 1 saturated carbocycles. The normalized spacial score (nSPS) is 18.6. The predicted octanol–water partition coefficient (Wildman–Crippen LogP) is 3.67. The van der Waals surface area contributed by atoms with E-state index in [4.69, 9.17) is 4.74 Å². The number of nitrogens with one attached hydrogen (secondary N) is 2. The van der Waals surface area contributed by atoms with Crippen LogP contribution in [0.4, 0.5) is 11.4 Å². The first-order valence-corrected chi connectivity index (χ1v) is 8.37. The minimum atomic E-state index is -0.286. The largest absolute Gasteiger partial charge is 0.497 e. The Morgan fingerprint density at radius 1 is 1.00 bits per heavy atom. The van der Waals surface area contributed by atoms with Crippen LogP contribution in [0.5, 0.6) is 5.75 Å². The molecule has 0 spiro atoms. The summed E-state index contributed by atoms with van der Waals surface area (Å²) in [6, 6.07) is 14.5. The van der Waals surface area contributed by atoms with Gasteiger partial charge in [-0.15, -0.1) is 0 Å². The highest BCUT2D eigenvalue weighted by atomic mass is 79.9. The van der Waals surface area contributed by atoms with Crippen molar-refractivity contribution < 1.29 is 14.3 Å². The van der Waals surface area contributed by atoms with Crippen molar-refractivity contribution >= 4 is 39.1 Å². The van der Waals surface area contributed by atoms with Crippen LogP contribution in [0, 0.1) is 11.8 Å². The standard InChI is InChI=1S/C18H17BrN2O3/c1-24-14-4-2-3-13(9-14)21-18(23)16-10-15(16)17(22)20-12-7-5-11(19)6-8-12/h2-9,15-16H,10H2,1H3,(H,20,22)(H,21,23). The van der Waals surface area contributed by atoms with Gasteiger partial charge in [0.25, 0.3) is 0 Å². The second-order valence-electron chi connectivity index (χ2n) is 5.67. The summed E-state index contributed by atoms with van der Waals surface area (Å²) in [6.07, 6.45) is 0.568. The second kappa shape index (κ2) is 7.05. The molecule has 2 N–H and O–H groups in total. The summed E-state index contributed by atoms with van der Waals surface area (Å²) in [5.41, 5.74) is 1.39. The number of ether oxygens (including phenoxy) is 1. The maximum atomic E-state index is 12.2. The molecule has 0 aliphatic heterocycles. The first-order valence-electron chi connectivity index (χ1n) is 7.58. The molecule has 0 saturated heterocycles. The third kappa shape index (κ3) is 3.94. The lowest BCUT2D eigenvalue weighted by Crippen LogP contribution is -2.20. The molecule has 0 heterocycles. The van der Waals surface area contributed by atoms with Crippen molar-refractivity contribution in [2.24, 2.45) is 11.8 Å². The molecule has 0 radical (unpaired) electrons. The van der Waals surface area contributed by atoms with Crippen molar-refractivity contribution in [3.63, 3.8) is 0 Å². The summed E-state index contributed by atoms with van der Waals surface area (Å²) in [7, 11) is 1.57. The summed E-state index contributed by atoms with van der Waals surface area (Å²) >= 11 is 3.35. The first kappa shape index (κ1) is 16.5. The van der Waals surface area contributed by atoms with Crippen LogP contribution in [0.25, 0.3) is 0 Å². The van der Waals surface area contributed by atoms with Crippen LogP contribution in [-0.2, 0) is 9.59 Å². The molecule has 0 aromatic heterocycles. The number of halogens is 1. The number of benzene rings is 2. The number of amides is 2. The average Bonchev–Trinajstić information content (AvgIpc) is 3.38. The summed E-state index contributed by atoms with van der Waals surface area (Å²) in [6.45, 7) is 0. The summed E-state index contributed by atoms with van der Waals surface area (Å²) < 4.78 is 6.07. The quantitative estimate of drug-likeness (QED) is 0.820. The van der Waals surface area contributed by atoms with Gasteiger partial charge in [-0.1, -0.05) is 22.0 Å². The smallest absolute Gasteiger partial charge is 0.228 e. The number of anilines is 2. The van der Waals surface area contributed by atoms with Gasteiger partial charge in [0.05, 0.1) is 18.9 Å². The lowest BCUT2D eigenvalue weighted by Gasteiger charge is -2.07. The highest BCUT2D eigenvalue weighted by Gasteiger charge is 2.48. The molecule has 3 rings (SSSR count). The van der Waals surface area contributed by atoms with Gasteiger partial charge in [0.15, 0.2) is 0 Å². The van der Waals surface area contributed by atoms with Crippen LogP contribution in [0.2, 0.25) is 0 Å². The van der Waals surface area contributed by atoms with Crippen molar-refractivity contribution in [3.05, 3.63) is 53.0 Å². The zero-order valence-corrected chi connectivity index (χ0v) is 14.7. The zero-order chi connectivity index (χ0) is 17.1. The Morgan fingerprint density at radius 2 is 1.62 bits per heavy atom. The number of carbonyl (C=O) groups excluding carboxylic acids is 2. The van der Waals surface area contributed by atoms with Crippen molar-refractivity contribution in [3.8, 4) is 5.75 Å². The van der Waals surface area contributed by atoms with Gasteiger partial charge in [0.1, 0.15) is 5.75 Å². The van der Waals surface area contributed by atoms with Gasteiger partial charge >= 0.3 is 0 Å². The SMILES string of the molecule is COc1cccc(NC(=O)C2CC2C(=O)Nc2ccc(Br)cc2)c1. The van der Waals surface area contributed by atoms with E-state index in [0.29, 0.717) is 17.9 Å². The van der Waals surface area contributed by atoms with Gasteiger partial charge < -0.3 is 15.4 Å². The molecule has 1 fully saturated rings. The molecule has 5 nitrogen and oxygen atoms in total. The molecule has 24 heavy (non-hydrogen) atoms. The Kier molecular flexibility index (Phi) is 4.85. The Balaban J connectivity index is 1.55. The number of hydrogen-bond acceptors (Lipinski definition) is 3. The molecule has 1 aliphatic rings. The Hall–Kier alpha value is -2.34. The third-order valence-corrected chi connectivity index (χ3v) is 4.44. The summed E-state index contributed by atoms with van der Waals surface area (Å²) in [5, 5.41) is 5.67. The minimum absolute atomic E-state index is 0.122. The van der Waals surface area contributed by atoms with Crippen LogP contribution in [-0.4, -0.2) is 18.9 Å². The van der Waals surface area contributed by atoms with Crippen LogP contribution in [0.1, 0.15) is 6.42 Å². The van der Waals surface area contributed by atoms with Crippen LogP contribution >= 0.6 is 15.9 Å². The molecule has 2 aromatic carbocycles. The van der Waals surface area contributed by atoms with Crippen molar-refractivity contribution in [2.75, 3.05) is 17.7 Å². The van der Waals surface area contributed by atoms with E-state index < -0.39 is 0 Å². The fourth-order valence-corrected chi connectivity index (χ4v) is 2.74. The van der Waals surface area contributed by atoms with Crippen molar-refractivity contribution in [1.29, 1.82) is 0 Å². The molecule has 2 atom stereocenters. The van der Waals surface area contributed by atoms with Gasteiger partial charge in [-0.3, -0.25) is 9.59 Å². The van der Waals surface area contributed by atoms with Gasteiger partial charge in [-0.25, -0.2) is 0 Å². The molecule has 124 valence electrons. The first-order chi connectivity index (χ1) is 11.6. The maximum absolute atomic E-state index is 12.2. The molecule has 2 aromatic rings. The number of rotatable bonds is 5. The van der Waals surface area contributed by atoms with E-state index in [-0.39, 0.29) is 23.7 Å². The van der Waals surface area contributed by atoms with E-state index in [0.717, 1.165) is 10.2 Å². The average molecular weight is 389 g/mol. The molecular weight excluding hydrogens is 372 g/mol. The molecule has 6 heteroatoms. The van der Waals surface area contributed by atoms with E-state index in [1.807, 2.05) is 24.3 Å². The zero-order valence-electron chi connectivity index (χ0n) is 13.1. The number of carbonyl (C=O) groups is 2. The van der Waals surface area contributed by atoms with E-state index in [9.17, 15) is 9.59 Å². The Labute approximate surface area is 148 Å². The highest BCUT2D eigenvalue weighted by Crippen LogP contribution is 2.40. The lowest BCUT2D eigenvalue weighted by atomic mass is 10.2. The van der Waals surface area contributed by atoms with Gasteiger partial charge in [0, 0.05) is 21.9 Å². The minimum Gasteiger partial charge on any atom is -0.497 e. The summed E-state index contributed by atoms with van der Waals surface area (Å²) in [5.74, 6) is -0.152. The Morgan fingerprint density at radius 3 is 2.25 bits per heavy atom. The molecule has 1 aliphatic carbocycles. The van der Waals surface area contributed by atoms with Crippen LogP contribution in [0.3, 0.4) is 0 Å². The van der Waals surface area contributed by atoms with Gasteiger partial charge in [-0.05, 0) is 42.8 Å². The number of hydrogen-bond donors (Lipinski definition) is 2. The third-order valence-electron chi connectivity index (χ3n) is 3.91. The Bertz CT molecular complexity index is 761. The van der Waals surface area contributed by atoms with E-state index in [1.54, 1.807) is 31.4 Å². The van der Waals surface area contributed by atoms with Gasteiger partial charge in [-0.2, -0.15) is 0 Å². The molecular formula is C18H17BrN2O3. The molecule has 2 amide bonds. The topological polar surface area (TPSA) is 67.4 Å². The van der Waals surface area contributed by atoms with Crippen molar-refractivity contribution in [2.45, 2.75) is 6.42 Å². The van der Waals surface area contributed by atoms with E-state index >= 15 is 0 Å². The van der Waals surface area contributed by atoms with E-state index in [2.05, 4.69) is 26.6 Å². The predicted molar refractivity (Wildman–Crippen MR) is 96.0 cm³/mol. The maximum Gasteiger partial charge on any atom is 0.228 e. The second-order valence-corrected chi connectivity index (χ2v) is 6.58. The fourth-order valence-electron chi connectivity index (χ4n) is 2.48. The molecule has 2 unspecified atom stereocenters. The lowest BCUT2D eigenvalue weighted by molar-refractivity contribution is -0.122. The number of methoxy groups -OCH3 is 1.